The van der Waals surface area contributed by atoms with Crippen molar-refractivity contribution in [1.29, 1.82) is 0 Å². The fourth-order valence-electron chi connectivity index (χ4n) is 2.53. The van der Waals surface area contributed by atoms with Crippen molar-refractivity contribution in [3.63, 3.8) is 0 Å². The van der Waals surface area contributed by atoms with Crippen LogP contribution in [-0.4, -0.2) is 27.5 Å². The standard InChI is InChI=1S/C16H16N2O3S/c1-10-17-13(9-22-10)11-4-2-5-12(8-11)14(19)18-16(15(20)21)6-3-7-16/h2,4-5,8-9H,3,6-7H2,1H3,(H,18,19)(H,20,21). The zero-order valence-electron chi connectivity index (χ0n) is 12.1. The molecule has 0 atom stereocenters. The van der Waals surface area contributed by atoms with Crippen LogP contribution in [0.25, 0.3) is 11.3 Å². The molecule has 1 fully saturated rings. The number of nitrogens with one attached hydrogen (secondary N) is 1. The first kappa shape index (κ1) is 14.7. The predicted molar refractivity (Wildman–Crippen MR) is 84.0 cm³/mol. The van der Waals surface area contributed by atoms with Gasteiger partial charge in [0.1, 0.15) is 5.54 Å². The molecule has 2 aromatic rings. The summed E-state index contributed by atoms with van der Waals surface area (Å²) in [6, 6.07) is 7.11. The Morgan fingerprint density at radius 2 is 2.14 bits per heavy atom. The molecule has 1 aliphatic carbocycles. The summed E-state index contributed by atoms with van der Waals surface area (Å²) in [6.45, 7) is 1.93. The van der Waals surface area contributed by atoms with Crippen LogP contribution in [-0.2, 0) is 4.79 Å². The van der Waals surface area contributed by atoms with Crippen LogP contribution in [0.3, 0.4) is 0 Å². The molecule has 0 bridgehead atoms. The molecule has 1 aliphatic rings. The van der Waals surface area contributed by atoms with Gasteiger partial charge in [-0.3, -0.25) is 4.79 Å². The molecule has 0 radical (unpaired) electrons. The van der Waals surface area contributed by atoms with Crippen molar-refractivity contribution in [1.82, 2.24) is 10.3 Å². The lowest BCUT2D eigenvalue weighted by atomic mass is 9.76. The van der Waals surface area contributed by atoms with E-state index in [2.05, 4.69) is 10.3 Å². The highest BCUT2D eigenvalue weighted by atomic mass is 32.1. The van der Waals surface area contributed by atoms with Gasteiger partial charge in [0.15, 0.2) is 0 Å². The number of carbonyl (C=O) groups excluding carboxylic acids is 1. The second kappa shape index (κ2) is 5.53. The second-order valence-electron chi connectivity index (χ2n) is 5.53. The highest BCUT2D eigenvalue weighted by Gasteiger charge is 2.45. The predicted octanol–water partition coefficient (Wildman–Crippen LogP) is 2.86. The van der Waals surface area contributed by atoms with E-state index in [-0.39, 0.29) is 5.91 Å². The normalized spacial score (nSPS) is 15.9. The Morgan fingerprint density at radius 1 is 1.36 bits per heavy atom. The maximum Gasteiger partial charge on any atom is 0.329 e. The first-order valence-electron chi connectivity index (χ1n) is 7.09. The lowest BCUT2D eigenvalue weighted by molar-refractivity contribution is -0.148. The van der Waals surface area contributed by atoms with Crippen molar-refractivity contribution in [2.75, 3.05) is 0 Å². The van der Waals surface area contributed by atoms with Gasteiger partial charge in [0.2, 0.25) is 0 Å². The third kappa shape index (κ3) is 2.62. The largest absolute Gasteiger partial charge is 0.480 e. The Morgan fingerprint density at radius 3 is 2.68 bits per heavy atom. The van der Waals surface area contributed by atoms with Crippen LogP contribution in [0.5, 0.6) is 0 Å². The molecular formula is C16H16N2O3S. The summed E-state index contributed by atoms with van der Waals surface area (Å²) in [5, 5.41) is 14.9. The Labute approximate surface area is 132 Å². The number of hydrogen-bond acceptors (Lipinski definition) is 4. The molecule has 1 saturated carbocycles. The number of carbonyl (C=O) groups is 2. The SMILES string of the molecule is Cc1nc(-c2cccc(C(=O)NC3(C(=O)O)CCC3)c2)cs1. The summed E-state index contributed by atoms with van der Waals surface area (Å²) in [5.74, 6) is -1.31. The Balaban J connectivity index is 1.83. The topological polar surface area (TPSA) is 79.3 Å². The van der Waals surface area contributed by atoms with Crippen LogP contribution >= 0.6 is 11.3 Å². The average Bonchev–Trinajstić information content (AvgIpc) is 2.89. The number of benzene rings is 1. The number of carboxylic acid groups (broad SMARTS) is 1. The summed E-state index contributed by atoms with van der Waals surface area (Å²) in [4.78, 5) is 28.1. The lowest BCUT2D eigenvalue weighted by Gasteiger charge is -2.38. The van der Waals surface area contributed by atoms with Crippen LogP contribution in [0.4, 0.5) is 0 Å². The average molecular weight is 316 g/mol. The third-order valence-electron chi connectivity index (χ3n) is 4.01. The summed E-state index contributed by atoms with van der Waals surface area (Å²) in [7, 11) is 0. The molecule has 3 rings (SSSR count). The van der Waals surface area contributed by atoms with Gasteiger partial charge in [-0.25, -0.2) is 9.78 Å². The van der Waals surface area contributed by atoms with E-state index in [1.807, 2.05) is 18.4 Å². The Bertz CT molecular complexity index is 734. The van der Waals surface area contributed by atoms with E-state index in [0.717, 1.165) is 22.7 Å². The first-order valence-corrected chi connectivity index (χ1v) is 7.97. The van der Waals surface area contributed by atoms with E-state index in [1.165, 1.54) is 0 Å². The number of aliphatic carboxylic acids is 1. The molecule has 0 unspecified atom stereocenters. The van der Waals surface area contributed by atoms with Gasteiger partial charge in [-0.1, -0.05) is 12.1 Å². The van der Waals surface area contributed by atoms with Crippen LogP contribution in [0.15, 0.2) is 29.6 Å². The number of thiazole rings is 1. The maximum atomic E-state index is 12.4. The maximum absolute atomic E-state index is 12.4. The molecule has 6 heteroatoms. The van der Waals surface area contributed by atoms with E-state index in [9.17, 15) is 14.7 Å². The van der Waals surface area contributed by atoms with Gasteiger partial charge in [-0.05, 0) is 38.3 Å². The molecule has 114 valence electrons. The quantitative estimate of drug-likeness (QED) is 0.909. The first-order chi connectivity index (χ1) is 10.5. The van der Waals surface area contributed by atoms with Gasteiger partial charge in [0, 0.05) is 16.5 Å². The van der Waals surface area contributed by atoms with Gasteiger partial charge >= 0.3 is 5.97 Å². The summed E-state index contributed by atoms with van der Waals surface area (Å²) < 4.78 is 0. The number of nitrogens with zero attached hydrogens (tertiary/aromatic N) is 1. The van der Waals surface area contributed by atoms with Gasteiger partial charge in [0.05, 0.1) is 10.7 Å². The Hall–Kier alpha value is -2.21. The molecule has 22 heavy (non-hydrogen) atoms. The smallest absolute Gasteiger partial charge is 0.329 e. The number of amides is 1. The summed E-state index contributed by atoms with van der Waals surface area (Å²) >= 11 is 1.55. The minimum atomic E-state index is -1.09. The molecule has 1 aromatic heterocycles. The summed E-state index contributed by atoms with van der Waals surface area (Å²) in [5.41, 5.74) is 1.05. The van der Waals surface area contributed by atoms with Crippen molar-refractivity contribution >= 4 is 23.2 Å². The van der Waals surface area contributed by atoms with Crippen molar-refractivity contribution < 1.29 is 14.7 Å². The highest BCUT2D eigenvalue weighted by molar-refractivity contribution is 7.09. The van der Waals surface area contributed by atoms with Crippen LogP contribution in [0.2, 0.25) is 0 Å². The molecule has 5 nitrogen and oxygen atoms in total. The number of aromatic nitrogens is 1. The summed E-state index contributed by atoms with van der Waals surface area (Å²) in [6.07, 6.45) is 1.79. The Kier molecular flexibility index (Phi) is 3.70. The van der Waals surface area contributed by atoms with E-state index < -0.39 is 11.5 Å². The van der Waals surface area contributed by atoms with E-state index in [4.69, 9.17) is 0 Å². The number of aryl methyl sites for hydroxylation is 1. The molecule has 0 spiro atoms. The fraction of sp³-hybridized carbons (Fsp3) is 0.312. The number of rotatable bonds is 4. The molecule has 1 heterocycles. The number of hydrogen-bond donors (Lipinski definition) is 2. The van der Waals surface area contributed by atoms with Crippen LogP contribution < -0.4 is 5.32 Å². The molecule has 2 N–H and O–H groups in total. The van der Waals surface area contributed by atoms with Crippen LogP contribution in [0, 0.1) is 6.92 Å². The zero-order chi connectivity index (χ0) is 15.7. The zero-order valence-corrected chi connectivity index (χ0v) is 12.9. The third-order valence-corrected chi connectivity index (χ3v) is 4.78. The molecule has 0 saturated heterocycles. The molecule has 1 aromatic carbocycles. The minimum Gasteiger partial charge on any atom is -0.480 e. The second-order valence-corrected chi connectivity index (χ2v) is 6.59. The van der Waals surface area contributed by atoms with Crippen molar-refractivity contribution in [3.05, 3.63) is 40.2 Å². The minimum absolute atomic E-state index is 0.351. The van der Waals surface area contributed by atoms with Gasteiger partial charge in [-0.15, -0.1) is 11.3 Å². The van der Waals surface area contributed by atoms with E-state index >= 15 is 0 Å². The van der Waals surface area contributed by atoms with Crippen LogP contribution in [0.1, 0.15) is 34.6 Å². The van der Waals surface area contributed by atoms with Gasteiger partial charge in [-0.2, -0.15) is 0 Å². The van der Waals surface area contributed by atoms with E-state index in [1.54, 1.807) is 29.5 Å². The fourth-order valence-corrected chi connectivity index (χ4v) is 3.15. The van der Waals surface area contributed by atoms with Crippen molar-refractivity contribution in [3.8, 4) is 11.3 Å². The monoisotopic (exact) mass is 316 g/mol. The van der Waals surface area contributed by atoms with Gasteiger partial charge in [0.25, 0.3) is 5.91 Å². The highest BCUT2D eigenvalue weighted by Crippen LogP contribution is 2.32. The molecule has 0 aliphatic heterocycles. The molecular weight excluding hydrogens is 300 g/mol. The van der Waals surface area contributed by atoms with Gasteiger partial charge < -0.3 is 10.4 Å². The van der Waals surface area contributed by atoms with E-state index in [0.29, 0.717) is 18.4 Å². The lowest BCUT2D eigenvalue weighted by Crippen LogP contribution is -2.59. The molecule has 1 amide bonds. The van der Waals surface area contributed by atoms with Crippen molar-refractivity contribution in [2.45, 2.75) is 31.7 Å². The van der Waals surface area contributed by atoms with Crippen molar-refractivity contribution in [2.24, 2.45) is 0 Å². The number of carboxylic acids is 1.